The van der Waals surface area contributed by atoms with Crippen LogP contribution in [0.15, 0.2) is 11.4 Å². The van der Waals surface area contributed by atoms with E-state index in [0.717, 1.165) is 32.5 Å². The van der Waals surface area contributed by atoms with Crippen molar-refractivity contribution in [2.45, 2.75) is 74.9 Å². The Bertz CT molecular complexity index is 641. The van der Waals surface area contributed by atoms with Gasteiger partial charge in [-0.1, -0.05) is 0 Å². The fraction of sp³-hybridized carbons (Fsp3) is 0.737. The van der Waals surface area contributed by atoms with Gasteiger partial charge >= 0.3 is 0 Å². The molecule has 1 amide bonds. The van der Waals surface area contributed by atoms with Crippen LogP contribution in [0, 0.1) is 0 Å². The SMILES string of the molecule is Cl.O=C(NC1CCC(F)(F)CC1)c1cc([C@@H]2C[C@H]2NC2CCOCC2)cs1. The second-order valence-electron chi connectivity index (χ2n) is 7.85. The van der Waals surface area contributed by atoms with Crippen molar-refractivity contribution >= 4 is 29.7 Å². The Labute approximate surface area is 168 Å². The number of ether oxygens (including phenoxy) is 1. The number of thiophene rings is 1. The van der Waals surface area contributed by atoms with Gasteiger partial charge in [0.15, 0.2) is 0 Å². The van der Waals surface area contributed by atoms with Crippen molar-refractivity contribution in [2.24, 2.45) is 0 Å². The monoisotopic (exact) mass is 420 g/mol. The molecule has 0 spiro atoms. The number of carbonyl (C=O) groups is 1. The third kappa shape index (κ3) is 5.40. The molecule has 2 heterocycles. The van der Waals surface area contributed by atoms with Crippen LogP contribution in [-0.4, -0.2) is 43.2 Å². The van der Waals surface area contributed by atoms with Gasteiger partial charge < -0.3 is 15.4 Å². The number of rotatable bonds is 5. The highest BCUT2D eigenvalue weighted by Gasteiger charge is 2.40. The number of alkyl halides is 2. The van der Waals surface area contributed by atoms with E-state index >= 15 is 0 Å². The van der Waals surface area contributed by atoms with Gasteiger partial charge in [-0.2, -0.15) is 0 Å². The summed E-state index contributed by atoms with van der Waals surface area (Å²) in [5.41, 5.74) is 1.22. The van der Waals surface area contributed by atoms with Crippen molar-refractivity contribution in [2.75, 3.05) is 13.2 Å². The van der Waals surface area contributed by atoms with E-state index in [-0.39, 0.29) is 37.2 Å². The number of amides is 1. The molecule has 1 aromatic rings. The summed E-state index contributed by atoms with van der Waals surface area (Å²) in [4.78, 5) is 13.1. The molecule has 4 nitrogen and oxygen atoms in total. The smallest absolute Gasteiger partial charge is 0.261 e. The van der Waals surface area contributed by atoms with Crippen LogP contribution >= 0.6 is 23.7 Å². The molecular weight excluding hydrogens is 394 g/mol. The number of hydrogen-bond donors (Lipinski definition) is 2. The van der Waals surface area contributed by atoms with Crippen molar-refractivity contribution in [3.05, 3.63) is 21.9 Å². The second-order valence-corrected chi connectivity index (χ2v) is 8.76. The fourth-order valence-corrected chi connectivity index (χ4v) is 4.90. The zero-order valence-electron chi connectivity index (χ0n) is 15.2. The van der Waals surface area contributed by atoms with Crippen molar-refractivity contribution < 1.29 is 18.3 Å². The standard InChI is InChI=1S/C19H26F2N2O2S.ClH/c20-19(21)5-1-13(2-6-19)23-18(24)17-9-12(11-26-17)15-10-16(15)22-14-3-7-25-8-4-14;/h9,11,13-16,22H,1-8,10H2,(H,23,24);1H/t15-,16+;/m0./s1. The fourth-order valence-electron chi connectivity index (χ4n) is 4.02. The van der Waals surface area contributed by atoms with Crippen molar-refractivity contribution in [1.29, 1.82) is 0 Å². The zero-order chi connectivity index (χ0) is 18.1. The topological polar surface area (TPSA) is 50.4 Å². The Morgan fingerprint density at radius 2 is 1.85 bits per heavy atom. The minimum absolute atomic E-state index is 0. The first-order chi connectivity index (χ1) is 12.5. The van der Waals surface area contributed by atoms with Crippen LogP contribution in [-0.2, 0) is 4.74 Å². The maximum atomic E-state index is 13.2. The third-order valence-electron chi connectivity index (χ3n) is 5.79. The lowest BCUT2D eigenvalue weighted by molar-refractivity contribution is -0.0399. The molecule has 2 saturated carbocycles. The number of nitrogens with one attached hydrogen (secondary N) is 2. The van der Waals surface area contributed by atoms with E-state index in [4.69, 9.17) is 4.74 Å². The highest BCUT2D eigenvalue weighted by atomic mass is 35.5. The molecule has 3 aliphatic rings. The van der Waals surface area contributed by atoms with Gasteiger partial charge in [0.05, 0.1) is 4.88 Å². The van der Waals surface area contributed by atoms with Gasteiger partial charge in [-0.25, -0.2) is 8.78 Å². The first-order valence-corrected chi connectivity index (χ1v) is 10.5. The van der Waals surface area contributed by atoms with Crippen LogP contribution in [0.2, 0.25) is 0 Å². The lowest BCUT2D eigenvalue weighted by Gasteiger charge is -2.28. The average Bonchev–Trinajstić information content (AvgIpc) is 3.20. The largest absolute Gasteiger partial charge is 0.381 e. The van der Waals surface area contributed by atoms with Crippen molar-refractivity contribution in [3.8, 4) is 0 Å². The zero-order valence-corrected chi connectivity index (χ0v) is 16.8. The summed E-state index contributed by atoms with van der Waals surface area (Å²) in [6.07, 6.45) is 3.71. The van der Waals surface area contributed by atoms with Gasteiger partial charge in [0.2, 0.25) is 5.92 Å². The Balaban J connectivity index is 0.00000210. The van der Waals surface area contributed by atoms with E-state index in [1.165, 1.54) is 16.9 Å². The molecule has 2 atom stereocenters. The van der Waals surface area contributed by atoms with E-state index < -0.39 is 5.92 Å². The maximum Gasteiger partial charge on any atom is 0.261 e. The first-order valence-electron chi connectivity index (χ1n) is 9.61. The van der Waals surface area contributed by atoms with Crippen LogP contribution in [0.3, 0.4) is 0 Å². The van der Waals surface area contributed by atoms with E-state index in [1.54, 1.807) is 0 Å². The summed E-state index contributed by atoms with van der Waals surface area (Å²) >= 11 is 1.45. The third-order valence-corrected chi connectivity index (χ3v) is 6.73. The molecule has 1 saturated heterocycles. The van der Waals surface area contributed by atoms with Gasteiger partial charge in [0, 0.05) is 50.1 Å². The molecule has 1 aromatic heterocycles. The number of halogens is 3. The Kier molecular flexibility index (Phi) is 6.77. The molecule has 8 heteroatoms. The van der Waals surface area contributed by atoms with E-state index in [9.17, 15) is 13.6 Å². The normalized spacial score (nSPS) is 28.4. The minimum Gasteiger partial charge on any atom is -0.381 e. The molecule has 0 aromatic carbocycles. The Hall–Kier alpha value is -0.760. The molecule has 0 radical (unpaired) electrons. The summed E-state index contributed by atoms with van der Waals surface area (Å²) < 4.78 is 31.8. The molecule has 2 aliphatic carbocycles. The quantitative estimate of drug-likeness (QED) is 0.753. The average molecular weight is 421 g/mol. The van der Waals surface area contributed by atoms with Gasteiger partial charge in [-0.3, -0.25) is 4.79 Å². The van der Waals surface area contributed by atoms with Gasteiger partial charge in [-0.05, 0) is 49.1 Å². The summed E-state index contributed by atoms with van der Waals surface area (Å²) in [7, 11) is 0. The molecule has 4 rings (SSSR count). The van der Waals surface area contributed by atoms with Gasteiger partial charge in [0.25, 0.3) is 5.91 Å². The minimum atomic E-state index is -2.56. The highest BCUT2D eigenvalue weighted by Crippen LogP contribution is 2.43. The molecule has 2 N–H and O–H groups in total. The molecule has 3 fully saturated rings. The van der Waals surface area contributed by atoms with Crippen molar-refractivity contribution in [1.82, 2.24) is 10.6 Å². The molecule has 0 unspecified atom stereocenters. The van der Waals surface area contributed by atoms with Crippen LogP contribution in [0.25, 0.3) is 0 Å². The summed E-state index contributed by atoms with van der Waals surface area (Å²) in [6.45, 7) is 1.68. The summed E-state index contributed by atoms with van der Waals surface area (Å²) in [6, 6.07) is 2.90. The molecule has 27 heavy (non-hydrogen) atoms. The first kappa shape index (κ1) is 21.0. The molecular formula is C19H27ClF2N2O2S. The number of carbonyl (C=O) groups excluding carboxylic acids is 1. The lowest BCUT2D eigenvalue weighted by Crippen LogP contribution is -2.40. The maximum absolute atomic E-state index is 13.2. The predicted octanol–water partition coefficient (Wildman–Crippen LogP) is 4.10. The lowest BCUT2D eigenvalue weighted by atomic mass is 9.92. The van der Waals surface area contributed by atoms with Crippen LogP contribution in [0.5, 0.6) is 0 Å². The highest BCUT2D eigenvalue weighted by molar-refractivity contribution is 7.12. The molecule has 0 bridgehead atoms. The van der Waals surface area contributed by atoms with Crippen LogP contribution in [0.1, 0.15) is 66.1 Å². The molecule has 1 aliphatic heterocycles. The Morgan fingerprint density at radius 3 is 2.56 bits per heavy atom. The van der Waals surface area contributed by atoms with Crippen molar-refractivity contribution in [3.63, 3.8) is 0 Å². The predicted molar refractivity (Wildman–Crippen MR) is 104 cm³/mol. The van der Waals surface area contributed by atoms with Crippen LogP contribution < -0.4 is 10.6 Å². The summed E-state index contributed by atoms with van der Waals surface area (Å²) in [5.74, 6) is -2.19. The second kappa shape index (κ2) is 8.72. The van der Waals surface area contributed by atoms with E-state index in [1.807, 2.05) is 6.07 Å². The van der Waals surface area contributed by atoms with E-state index in [0.29, 0.717) is 35.7 Å². The van der Waals surface area contributed by atoms with Gasteiger partial charge in [-0.15, -0.1) is 23.7 Å². The van der Waals surface area contributed by atoms with Gasteiger partial charge in [0.1, 0.15) is 0 Å². The van der Waals surface area contributed by atoms with Crippen LogP contribution in [0.4, 0.5) is 8.78 Å². The Morgan fingerprint density at radius 1 is 1.15 bits per heavy atom. The molecule has 152 valence electrons. The summed E-state index contributed by atoms with van der Waals surface area (Å²) in [5, 5.41) is 8.71. The van der Waals surface area contributed by atoms with E-state index in [2.05, 4.69) is 16.0 Å². The number of hydrogen-bond acceptors (Lipinski definition) is 4.